The highest BCUT2D eigenvalue weighted by molar-refractivity contribution is 9.08. The summed E-state index contributed by atoms with van der Waals surface area (Å²) in [5, 5.41) is 1.55. The van der Waals surface area contributed by atoms with Gasteiger partial charge in [-0.15, -0.1) is 0 Å². The van der Waals surface area contributed by atoms with Crippen LogP contribution in [-0.2, 0) is 11.9 Å². The summed E-state index contributed by atoms with van der Waals surface area (Å²) in [5.41, 5.74) is 3.57. The Balaban J connectivity index is 2.21. The third-order valence-electron chi connectivity index (χ3n) is 3.15. The number of benzene rings is 2. The van der Waals surface area contributed by atoms with Crippen LogP contribution in [0.25, 0.3) is 0 Å². The lowest BCUT2D eigenvalue weighted by Crippen LogP contribution is -2.17. The Kier molecular flexibility index (Phi) is 5.32. The quantitative estimate of drug-likeness (QED) is 0.710. The van der Waals surface area contributed by atoms with Gasteiger partial charge in [0.2, 0.25) is 0 Å². The van der Waals surface area contributed by atoms with Gasteiger partial charge >= 0.3 is 0 Å². The predicted molar refractivity (Wildman–Crippen MR) is 89.2 cm³/mol. The topological polar surface area (TPSA) is 12.5 Å². The largest absolute Gasteiger partial charge is 0.497 e. The van der Waals surface area contributed by atoms with Gasteiger partial charge in [0, 0.05) is 29.6 Å². The first-order valence-corrected chi connectivity index (χ1v) is 7.82. The molecule has 2 rings (SSSR count). The minimum atomic E-state index is 0.762. The van der Waals surface area contributed by atoms with E-state index in [0.29, 0.717) is 0 Å². The van der Waals surface area contributed by atoms with Crippen LogP contribution in [0.3, 0.4) is 0 Å². The van der Waals surface area contributed by atoms with Crippen LogP contribution in [0.1, 0.15) is 11.1 Å². The van der Waals surface area contributed by atoms with Gasteiger partial charge in [0.15, 0.2) is 0 Å². The van der Waals surface area contributed by atoms with E-state index in [1.807, 2.05) is 24.3 Å². The minimum absolute atomic E-state index is 0.762. The predicted octanol–water partition coefficient (Wildman–Crippen LogP) is 4.88. The summed E-state index contributed by atoms with van der Waals surface area (Å²) < 4.78 is 5.26. The molecule has 0 saturated carbocycles. The molecule has 0 aliphatic rings. The Morgan fingerprint density at radius 1 is 1.20 bits per heavy atom. The van der Waals surface area contributed by atoms with Crippen LogP contribution in [-0.4, -0.2) is 14.2 Å². The van der Waals surface area contributed by atoms with Crippen LogP contribution in [0, 0.1) is 0 Å². The standard InChI is InChI=1S/C16H17BrClNO/c1-19(11-12-4-3-5-15(8-12)20-2)16-7-6-14(18)9-13(16)10-17/h3-9H,10-11H2,1-2H3. The van der Waals surface area contributed by atoms with Crippen molar-refractivity contribution in [3.63, 3.8) is 0 Å². The second kappa shape index (κ2) is 7.00. The van der Waals surface area contributed by atoms with E-state index in [0.717, 1.165) is 22.6 Å². The summed E-state index contributed by atoms with van der Waals surface area (Å²) in [5.74, 6) is 0.882. The summed E-state index contributed by atoms with van der Waals surface area (Å²) >= 11 is 9.56. The Morgan fingerprint density at radius 3 is 2.70 bits per heavy atom. The number of hydrogen-bond acceptors (Lipinski definition) is 2. The highest BCUT2D eigenvalue weighted by Crippen LogP contribution is 2.27. The molecule has 0 aromatic heterocycles. The number of hydrogen-bond donors (Lipinski definition) is 0. The molecule has 0 fully saturated rings. The Hall–Kier alpha value is -1.19. The summed E-state index contributed by atoms with van der Waals surface area (Å²) in [6, 6.07) is 14.1. The molecule has 0 heterocycles. The fourth-order valence-corrected chi connectivity index (χ4v) is 2.81. The normalized spacial score (nSPS) is 10.4. The zero-order chi connectivity index (χ0) is 14.5. The molecule has 0 atom stereocenters. The minimum Gasteiger partial charge on any atom is -0.497 e. The lowest BCUT2D eigenvalue weighted by atomic mass is 10.1. The first kappa shape index (κ1) is 15.2. The van der Waals surface area contributed by atoms with Crippen molar-refractivity contribution < 1.29 is 4.74 Å². The molecule has 2 aromatic carbocycles. The number of anilines is 1. The number of rotatable bonds is 5. The van der Waals surface area contributed by atoms with Crippen molar-refractivity contribution in [2.24, 2.45) is 0 Å². The molecule has 2 aromatic rings. The molecule has 0 saturated heterocycles. The van der Waals surface area contributed by atoms with E-state index in [4.69, 9.17) is 16.3 Å². The molecule has 0 bridgehead atoms. The van der Waals surface area contributed by atoms with Gasteiger partial charge in [-0.1, -0.05) is 39.7 Å². The van der Waals surface area contributed by atoms with Gasteiger partial charge in [-0.3, -0.25) is 0 Å². The number of halogens is 2. The summed E-state index contributed by atoms with van der Waals surface area (Å²) in [7, 11) is 3.76. The van der Waals surface area contributed by atoms with Gasteiger partial charge in [0.1, 0.15) is 5.75 Å². The van der Waals surface area contributed by atoms with Crippen LogP contribution >= 0.6 is 27.5 Å². The van der Waals surface area contributed by atoms with Gasteiger partial charge in [-0.05, 0) is 41.5 Å². The lowest BCUT2D eigenvalue weighted by Gasteiger charge is -2.22. The van der Waals surface area contributed by atoms with Crippen molar-refractivity contribution in [3.05, 3.63) is 58.6 Å². The molecule has 0 aliphatic carbocycles. The van der Waals surface area contributed by atoms with E-state index < -0.39 is 0 Å². The maximum Gasteiger partial charge on any atom is 0.119 e. The van der Waals surface area contributed by atoms with Crippen molar-refractivity contribution in [3.8, 4) is 5.75 Å². The SMILES string of the molecule is COc1cccc(CN(C)c2ccc(Cl)cc2CBr)c1. The van der Waals surface area contributed by atoms with E-state index >= 15 is 0 Å². The van der Waals surface area contributed by atoms with E-state index in [9.17, 15) is 0 Å². The highest BCUT2D eigenvalue weighted by Gasteiger charge is 2.08. The van der Waals surface area contributed by atoms with Gasteiger partial charge in [0.05, 0.1) is 7.11 Å². The smallest absolute Gasteiger partial charge is 0.119 e. The first-order valence-electron chi connectivity index (χ1n) is 6.32. The molecular weight excluding hydrogens is 338 g/mol. The second-order valence-corrected chi connectivity index (χ2v) is 5.61. The number of nitrogens with zero attached hydrogens (tertiary/aromatic N) is 1. The van der Waals surface area contributed by atoms with Crippen LogP contribution in [0.15, 0.2) is 42.5 Å². The van der Waals surface area contributed by atoms with Crippen molar-refractivity contribution in [2.45, 2.75) is 11.9 Å². The average molecular weight is 355 g/mol. The Labute approximate surface area is 133 Å². The summed E-state index contributed by atoms with van der Waals surface area (Å²) in [4.78, 5) is 2.21. The maximum atomic E-state index is 6.04. The zero-order valence-corrected chi connectivity index (χ0v) is 13.9. The van der Waals surface area contributed by atoms with E-state index in [1.54, 1.807) is 7.11 Å². The van der Waals surface area contributed by atoms with Crippen molar-refractivity contribution in [1.82, 2.24) is 0 Å². The van der Waals surface area contributed by atoms with Crippen LogP contribution < -0.4 is 9.64 Å². The lowest BCUT2D eigenvalue weighted by molar-refractivity contribution is 0.414. The molecule has 0 aliphatic heterocycles. The second-order valence-electron chi connectivity index (χ2n) is 4.61. The monoisotopic (exact) mass is 353 g/mol. The number of alkyl halides is 1. The van der Waals surface area contributed by atoms with Crippen molar-refractivity contribution in [1.29, 1.82) is 0 Å². The molecule has 0 N–H and O–H groups in total. The average Bonchev–Trinajstić information content (AvgIpc) is 2.47. The van der Waals surface area contributed by atoms with Crippen LogP contribution in [0.2, 0.25) is 5.02 Å². The van der Waals surface area contributed by atoms with Gasteiger partial charge in [-0.2, -0.15) is 0 Å². The first-order chi connectivity index (χ1) is 9.63. The molecule has 106 valence electrons. The zero-order valence-electron chi connectivity index (χ0n) is 11.6. The molecule has 4 heteroatoms. The third kappa shape index (κ3) is 3.68. The van der Waals surface area contributed by atoms with Gasteiger partial charge < -0.3 is 9.64 Å². The van der Waals surface area contributed by atoms with Gasteiger partial charge in [0.25, 0.3) is 0 Å². The number of methoxy groups -OCH3 is 1. The fourth-order valence-electron chi connectivity index (χ4n) is 2.16. The van der Waals surface area contributed by atoms with Crippen molar-refractivity contribution >= 4 is 33.2 Å². The van der Waals surface area contributed by atoms with E-state index in [-0.39, 0.29) is 0 Å². The number of ether oxygens (including phenoxy) is 1. The van der Waals surface area contributed by atoms with Crippen molar-refractivity contribution in [2.75, 3.05) is 19.1 Å². The molecule has 0 radical (unpaired) electrons. The van der Waals surface area contributed by atoms with Crippen LogP contribution in [0.5, 0.6) is 5.75 Å². The maximum absolute atomic E-state index is 6.04. The molecule has 0 unspecified atom stereocenters. The Bertz CT molecular complexity index is 588. The molecule has 20 heavy (non-hydrogen) atoms. The summed E-state index contributed by atoms with van der Waals surface area (Å²) in [6.07, 6.45) is 0. The van der Waals surface area contributed by atoms with Gasteiger partial charge in [-0.25, -0.2) is 0 Å². The van der Waals surface area contributed by atoms with E-state index in [2.05, 4.69) is 46.1 Å². The van der Waals surface area contributed by atoms with Crippen LogP contribution in [0.4, 0.5) is 5.69 Å². The molecule has 2 nitrogen and oxygen atoms in total. The molecular formula is C16H17BrClNO. The Morgan fingerprint density at radius 2 is 2.00 bits per heavy atom. The third-order valence-corrected chi connectivity index (χ3v) is 3.99. The van der Waals surface area contributed by atoms with E-state index in [1.165, 1.54) is 16.8 Å². The molecule has 0 spiro atoms. The fraction of sp³-hybridized carbons (Fsp3) is 0.250. The summed E-state index contributed by atoms with van der Waals surface area (Å²) in [6.45, 7) is 0.818. The highest BCUT2D eigenvalue weighted by atomic mass is 79.9. The molecule has 0 amide bonds.